The number of para-hydroxylation sites is 4. The standard InChI is InChI=1S/C20H27N4/c1-21-17-10-4-5-11-18(17)22(2)14-8-9-15-24-16-23(3)19-12-6-7-13-20(19)24/h4-7,10-13,16,21H,8-9,14-15H2,1-3H3/q+1. The van der Waals surface area contributed by atoms with E-state index in [0.29, 0.717) is 0 Å². The highest BCUT2D eigenvalue weighted by Crippen LogP contribution is 2.24. The van der Waals surface area contributed by atoms with Gasteiger partial charge in [-0.15, -0.1) is 0 Å². The largest absolute Gasteiger partial charge is 0.386 e. The normalized spacial score (nSPS) is 11.0. The molecule has 1 heterocycles. The van der Waals surface area contributed by atoms with Crippen molar-refractivity contribution in [3.05, 3.63) is 54.9 Å². The molecule has 0 atom stereocenters. The zero-order chi connectivity index (χ0) is 16.9. The van der Waals surface area contributed by atoms with Crippen LogP contribution >= 0.6 is 0 Å². The van der Waals surface area contributed by atoms with Crippen LogP contribution in [0.15, 0.2) is 54.9 Å². The van der Waals surface area contributed by atoms with Crippen molar-refractivity contribution in [2.45, 2.75) is 19.4 Å². The number of imidazole rings is 1. The van der Waals surface area contributed by atoms with Crippen molar-refractivity contribution in [2.75, 3.05) is 30.9 Å². The van der Waals surface area contributed by atoms with E-state index < -0.39 is 0 Å². The van der Waals surface area contributed by atoms with E-state index in [1.54, 1.807) is 0 Å². The number of fused-ring (bicyclic) bond motifs is 1. The minimum absolute atomic E-state index is 1.06. The van der Waals surface area contributed by atoms with Crippen LogP contribution in [0, 0.1) is 0 Å². The third-order valence-electron chi connectivity index (χ3n) is 4.61. The topological polar surface area (TPSA) is 24.1 Å². The SMILES string of the molecule is CNc1ccccc1N(C)CCCCn1c[n+](C)c2ccccc21. The van der Waals surface area contributed by atoms with E-state index in [2.05, 4.69) is 88.3 Å². The Morgan fingerprint density at radius 1 is 1.04 bits per heavy atom. The van der Waals surface area contributed by atoms with Crippen LogP contribution in [-0.2, 0) is 13.6 Å². The Morgan fingerprint density at radius 2 is 1.79 bits per heavy atom. The molecule has 0 saturated heterocycles. The zero-order valence-electron chi connectivity index (χ0n) is 14.9. The fourth-order valence-corrected chi connectivity index (χ4v) is 3.29. The summed E-state index contributed by atoms with van der Waals surface area (Å²) >= 11 is 0. The molecule has 2 aromatic carbocycles. The summed E-state index contributed by atoms with van der Waals surface area (Å²) in [5.74, 6) is 0. The minimum atomic E-state index is 1.06. The number of hydrogen-bond donors (Lipinski definition) is 1. The predicted molar refractivity (Wildman–Crippen MR) is 102 cm³/mol. The van der Waals surface area contributed by atoms with E-state index in [1.165, 1.54) is 35.2 Å². The lowest BCUT2D eigenvalue weighted by atomic mass is 10.2. The van der Waals surface area contributed by atoms with Gasteiger partial charge < -0.3 is 10.2 Å². The van der Waals surface area contributed by atoms with Crippen LogP contribution in [0.3, 0.4) is 0 Å². The molecule has 0 amide bonds. The van der Waals surface area contributed by atoms with Crippen LogP contribution in [0.5, 0.6) is 0 Å². The molecule has 0 aliphatic rings. The highest BCUT2D eigenvalue weighted by molar-refractivity contribution is 5.71. The number of aryl methyl sites for hydroxylation is 2. The summed E-state index contributed by atoms with van der Waals surface area (Å²) in [6, 6.07) is 17.0. The molecule has 1 N–H and O–H groups in total. The first-order valence-corrected chi connectivity index (χ1v) is 8.62. The van der Waals surface area contributed by atoms with Gasteiger partial charge in [-0.3, -0.25) is 0 Å². The first-order valence-electron chi connectivity index (χ1n) is 8.62. The second-order valence-electron chi connectivity index (χ2n) is 6.30. The summed E-state index contributed by atoms with van der Waals surface area (Å²) in [6.07, 6.45) is 4.54. The average molecular weight is 323 g/mol. The first kappa shape index (κ1) is 16.4. The number of aromatic nitrogens is 2. The molecule has 0 aliphatic carbocycles. The summed E-state index contributed by atoms with van der Waals surface area (Å²) in [7, 11) is 6.26. The lowest BCUT2D eigenvalue weighted by molar-refractivity contribution is -0.645. The van der Waals surface area contributed by atoms with E-state index in [1.807, 2.05) is 7.05 Å². The Morgan fingerprint density at radius 3 is 2.62 bits per heavy atom. The van der Waals surface area contributed by atoms with Crippen LogP contribution in [0.1, 0.15) is 12.8 Å². The third kappa shape index (κ3) is 3.37. The highest BCUT2D eigenvalue weighted by atomic mass is 15.1. The zero-order valence-corrected chi connectivity index (χ0v) is 14.9. The van der Waals surface area contributed by atoms with Gasteiger partial charge in [-0.2, -0.15) is 0 Å². The molecule has 3 aromatic rings. The van der Waals surface area contributed by atoms with Crippen molar-refractivity contribution in [1.82, 2.24) is 4.57 Å². The van der Waals surface area contributed by atoms with Gasteiger partial charge >= 0.3 is 0 Å². The lowest BCUT2D eigenvalue weighted by Crippen LogP contribution is -2.25. The summed E-state index contributed by atoms with van der Waals surface area (Å²) in [6.45, 7) is 2.12. The van der Waals surface area contributed by atoms with Crippen LogP contribution in [-0.4, -0.2) is 25.2 Å². The molecule has 0 spiro atoms. The summed E-state index contributed by atoms with van der Waals surface area (Å²) in [5.41, 5.74) is 5.05. The molecule has 0 unspecified atom stereocenters. The molecule has 4 heteroatoms. The van der Waals surface area contributed by atoms with Crippen molar-refractivity contribution >= 4 is 22.4 Å². The molecular weight excluding hydrogens is 296 g/mol. The van der Waals surface area contributed by atoms with Crippen molar-refractivity contribution in [2.24, 2.45) is 7.05 Å². The van der Waals surface area contributed by atoms with Crippen molar-refractivity contribution in [1.29, 1.82) is 0 Å². The number of nitrogens with zero attached hydrogens (tertiary/aromatic N) is 3. The molecule has 0 aliphatic heterocycles. The number of unbranched alkanes of at least 4 members (excludes halogenated alkanes) is 1. The molecule has 1 aromatic heterocycles. The van der Waals surface area contributed by atoms with Gasteiger partial charge in [0, 0.05) is 20.6 Å². The van der Waals surface area contributed by atoms with Gasteiger partial charge in [0.25, 0.3) is 0 Å². The highest BCUT2D eigenvalue weighted by Gasteiger charge is 2.12. The monoisotopic (exact) mass is 323 g/mol. The molecule has 0 bridgehead atoms. The lowest BCUT2D eigenvalue weighted by Gasteiger charge is -2.22. The Labute approximate surface area is 144 Å². The second-order valence-corrected chi connectivity index (χ2v) is 6.30. The third-order valence-corrected chi connectivity index (χ3v) is 4.61. The first-order chi connectivity index (χ1) is 11.7. The Hall–Kier alpha value is -2.49. The predicted octanol–water partition coefficient (Wildman–Crippen LogP) is 3.42. The van der Waals surface area contributed by atoms with E-state index in [9.17, 15) is 0 Å². The number of anilines is 2. The Kier molecular flexibility index (Phi) is 5.04. The minimum Gasteiger partial charge on any atom is -0.386 e. The number of benzene rings is 2. The molecule has 0 saturated carbocycles. The van der Waals surface area contributed by atoms with E-state index in [0.717, 1.165) is 13.1 Å². The summed E-state index contributed by atoms with van der Waals surface area (Å²) in [4.78, 5) is 2.33. The van der Waals surface area contributed by atoms with Gasteiger partial charge in [-0.25, -0.2) is 9.13 Å². The van der Waals surface area contributed by atoms with Gasteiger partial charge in [-0.1, -0.05) is 24.3 Å². The maximum absolute atomic E-state index is 3.27. The molecular formula is C20H27N4+. The van der Waals surface area contributed by atoms with Gasteiger partial charge in [-0.05, 0) is 37.1 Å². The van der Waals surface area contributed by atoms with E-state index in [4.69, 9.17) is 0 Å². The maximum atomic E-state index is 3.27. The Bertz CT molecular complexity index is 806. The van der Waals surface area contributed by atoms with Gasteiger partial charge in [0.05, 0.1) is 25.0 Å². The van der Waals surface area contributed by atoms with Crippen molar-refractivity contribution in [3.63, 3.8) is 0 Å². The Balaban J connectivity index is 1.57. The van der Waals surface area contributed by atoms with Crippen molar-refractivity contribution in [3.8, 4) is 0 Å². The van der Waals surface area contributed by atoms with Gasteiger partial charge in [0.15, 0.2) is 11.0 Å². The van der Waals surface area contributed by atoms with Crippen LogP contribution in [0.2, 0.25) is 0 Å². The van der Waals surface area contributed by atoms with Crippen molar-refractivity contribution < 1.29 is 4.57 Å². The molecule has 3 rings (SSSR count). The maximum Gasteiger partial charge on any atom is 0.244 e. The van der Waals surface area contributed by atoms with Crippen LogP contribution in [0.4, 0.5) is 11.4 Å². The molecule has 0 radical (unpaired) electrons. The number of hydrogen-bond acceptors (Lipinski definition) is 2. The molecule has 4 nitrogen and oxygen atoms in total. The summed E-state index contributed by atoms with van der Waals surface area (Å²) in [5, 5.41) is 3.27. The van der Waals surface area contributed by atoms with Crippen LogP contribution in [0.25, 0.3) is 11.0 Å². The molecule has 0 fully saturated rings. The average Bonchev–Trinajstić information content (AvgIpc) is 2.95. The van der Waals surface area contributed by atoms with Gasteiger partial charge in [0.1, 0.15) is 0 Å². The van der Waals surface area contributed by atoms with Crippen LogP contribution < -0.4 is 14.8 Å². The van der Waals surface area contributed by atoms with Gasteiger partial charge in [0.2, 0.25) is 6.33 Å². The fourth-order valence-electron chi connectivity index (χ4n) is 3.29. The molecule has 24 heavy (non-hydrogen) atoms. The number of rotatable bonds is 7. The second kappa shape index (κ2) is 7.39. The smallest absolute Gasteiger partial charge is 0.244 e. The fraction of sp³-hybridized carbons (Fsp3) is 0.350. The quantitative estimate of drug-likeness (QED) is 0.532. The van der Waals surface area contributed by atoms with E-state index in [-0.39, 0.29) is 0 Å². The van der Waals surface area contributed by atoms with E-state index >= 15 is 0 Å². The summed E-state index contributed by atoms with van der Waals surface area (Å²) < 4.78 is 4.56. The number of nitrogens with one attached hydrogen (secondary N) is 1. The molecule has 126 valence electrons.